The van der Waals surface area contributed by atoms with Crippen molar-refractivity contribution < 1.29 is 29.3 Å². The Morgan fingerprint density at radius 2 is 1.39 bits per heavy atom. The molecule has 0 aromatic heterocycles. The van der Waals surface area contributed by atoms with E-state index < -0.39 is 39.2 Å². The number of phenolic OH excluding ortho intramolecular Hbond substituents is 2. The van der Waals surface area contributed by atoms with Gasteiger partial charge in [-0.2, -0.15) is 0 Å². The van der Waals surface area contributed by atoms with Crippen LogP contribution in [0.3, 0.4) is 0 Å². The number of carbonyl (C=O) groups is 3. The summed E-state index contributed by atoms with van der Waals surface area (Å²) in [6.45, 7) is 20.1. The highest BCUT2D eigenvalue weighted by molar-refractivity contribution is 6.35. The fourth-order valence-corrected chi connectivity index (χ4v) is 7.72. The summed E-state index contributed by atoms with van der Waals surface area (Å²) < 4.78 is 6.81. The lowest BCUT2D eigenvalue weighted by atomic mass is 9.39. The number of rotatable bonds is 8. The third-order valence-corrected chi connectivity index (χ3v) is 10.7. The van der Waals surface area contributed by atoms with Gasteiger partial charge in [0.25, 0.3) is 0 Å². The number of carbonyl (C=O) groups excluding carboxylic acids is 3. The molecule has 3 aliphatic rings. The van der Waals surface area contributed by atoms with Crippen LogP contribution in [0.1, 0.15) is 112 Å². The number of ketones is 3. The van der Waals surface area contributed by atoms with Gasteiger partial charge in [-0.15, -0.1) is 0 Å². The minimum atomic E-state index is -1.48. The number of hydrogen-bond donors (Lipinski definition) is 2. The highest BCUT2D eigenvalue weighted by Gasteiger charge is 2.74. The van der Waals surface area contributed by atoms with Gasteiger partial charge in [-0.25, -0.2) is 0 Å². The Hall–Kier alpha value is -3.41. The van der Waals surface area contributed by atoms with Crippen LogP contribution in [-0.4, -0.2) is 33.2 Å². The van der Waals surface area contributed by atoms with Gasteiger partial charge in [0.1, 0.15) is 22.3 Å². The van der Waals surface area contributed by atoms with E-state index in [1.165, 1.54) is 29.3 Å². The molecule has 2 aliphatic carbocycles. The molecule has 4 atom stereocenters. The Labute approximate surface area is 263 Å². The van der Waals surface area contributed by atoms with Gasteiger partial charge < -0.3 is 14.9 Å². The van der Waals surface area contributed by atoms with Crippen LogP contribution < -0.4 is 0 Å². The van der Waals surface area contributed by atoms with Crippen molar-refractivity contribution in [3.05, 3.63) is 70.0 Å². The molecule has 2 bridgehead atoms. The molecule has 44 heavy (non-hydrogen) atoms. The van der Waals surface area contributed by atoms with Crippen molar-refractivity contribution >= 4 is 17.3 Å². The summed E-state index contributed by atoms with van der Waals surface area (Å²) in [5, 5.41) is 20.2. The van der Waals surface area contributed by atoms with Crippen LogP contribution in [0.25, 0.3) is 0 Å². The van der Waals surface area contributed by atoms with Crippen molar-refractivity contribution in [2.45, 2.75) is 107 Å². The maximum Gasteiger partial charge on any atom is 0.200 e. The summed E-state index contributed by atoms with van der Waals surface area (Å²) in [4.78, 5) is 44.9. The molecule has 1 saturated carbocycles. The van der Waals surface area contributed by atoms with E-state index in [-0.39, 0.29) is 46.7 Å². The minimum Gasteiger partial charge on any atom is -0.504 e. The number of aromatic hydroxyl groups is 2. The Morgan fingerprint density at radius 1 is 0.841 bits per heavy atom. The third-order valence-electron chi connectivity index (χ3n) is 10.7. The lowest BCUT2D eigenvalue weighted by molar-refractivity contribution is -0.188. The van der Waals surface area contributed by atoms with Gasteiger partial charge in [0.2, 0.25) is 0 Å². The van der Waals surface area contributed by atoms with Crippen LogP contribution in [0.5, 0.6) is 11.5 Å². The van der Waals surface area contributed by atoms with Gasteiger partial charge in [-0.1, -0.05) is 48.8 Å². The van der Waals surface area contributed by atoms with Gasteiger partial charge in [-0.3, -0.25) is 14.4 Å². The molecule has 1 spiro atoms. The van der Waals surface area contributed by atoms with E-state index in [0.29, 0.717) is 25.7 Å². The number of allylic oxidation sites excluding steroid dienone is 8. The molecule has 238 valence electrons. The van der Waals surface area contributed by atoms with Gasteiger partial charge in [-0.05, 0) is 117 Å². The summed E-state index contributed by atoms with van der Waals surface area (Å²) in [5.41, 5.74) is -0.866. The minimum absolute atomic E-state index is 0.0251. The number of benzene rings is 1. The van der Waals surface area contributed by atoms with Gasteiger partial charge in [0.15, 0.2) is 28.8 Å². The summed E-state index contributed by atoms with van der Waals surface area (Å²) in [6.07, 6.45) is 8.89. The van der Waals surface area contributed by atoms with Gasteiger partial charge in [0.05, 0.1) is 5.41 Å². The smallest absolute Gasteiger partial charge is 0.200 e. The molecular formula is C38H50O6. The van der Waals surface area contributed by atoms with Gasteiger partial charge >= 0.3 is 0 Å². The molecule has 1 aromatic rings. The highest BCUT2D eigenvalue weighted by atomic mass is 16.5. The van der Waals surface area contributed by atoms with Crippen molar-refractivity contribution in [1.82, 2.24) is 0 Å². The molecule has 0 radical (unpaired) electrons. The predicted molar refractivity (Wildman–Crippen MR) is 173 cm³/mol. The zero-order valence-electron chi connectivity index (χ0n) is 28.2. The second-order valence-electron chi connectivity index (χ2n) is 15.1. The van der Waals surface area contributed by atoms with E-state index in [2.05, 4.69) is 39.8 Å². The fourth-order valence-electron chi connectivity index (χ4n) is 7.72. The molecule has 6 heteroatoms. The molecular weight excluding hydrogens is 552 g/mol. The van der Waals surface area contributed by atoms with E-state index >= 15 is 9.59 Å². The normalized spacial score (nSPS) is 28.4. The van der Waals surface area contributed by atoms with Crippen LogP contribution in [0.2, 0.25) is 0 Å². The molecule has 0 amide bonds. The topological polar surface area (TPSA) is 101 Å². The average molecular weight is 603 g/mol. The molecule has 1 aromatic carbocycles. The first-order valence-electron chi connectivity index (χ1n) is 15.8. The molecule has 1 aliphatic heterocycles. The zero-order valence-corrected chi connectivity index (χ0v) is 28.2. The summed E-state index contributed by atoms with van der Waals surface area (Å²) in [5.74, 6) is -1.93. The van der Waals surface area contributed by atoms with E-state index in [1.54, 1.807) is 0 Å². The van der Waals surface area contributed by atoms with Crippen LogP contribution in [0.15, 0.2) is 64.5 Å². The largest absolute Gasteiger partial charge is 0.504 e. The van der Waals surface area contributed by atoms with Crippen LogP contribution in [-0.2, 0) is 14.3 Å². The van der Waals surface area contributed by atoms with Crippen molar-refractivity contribution in [1.29, 1.82) is 0 Å². The molecule has 2 fully saturated rings. The van der Waals surface area contributed by atoms with Gasteiger partial charge in [0, 0.05) is 11.5 Å². The lowest BCUT2D eigenvalue weighted by Crippen LogP contribution is -2.69. The Kier molecular flexibility index (Phi) is 8.75. The summed E-state index contributed by atoms with van der Waals surface area (Å²) in [6, 6.07) is 3.81. The average Bonchev–Trinajstić information content (AvgIpc) is 2.91. The first-order valence-corrected chi connectivity index (χ1v) is 15.8. The zero-order chi connectivity index (χ0) is 33.0. The Bertz CT molecular complexity index is 1500. The number of hydrogen-bond acceptors (Lipinski definition) is 6. The number of phenols is 2. The molecule has 1 heterocycles. The van der Waals surface area contributed by atoms with Crippen molar-refractivity contribution in [2.75, 3.05) is 0 Å². The van der Waals surface area contributed by atoms with E-state index in [9.17, 15) is 15.0 Å². The number of ether oxygens (including phenoxy) is 1. The first-order chi connectivity index (χ1) is 20.3. The monoisotopic (exact) mass is 602 g/mol. The van der Waals surface area contributed by atoms with Crippen molar-refractivity contribution in [3.8, 4) is 11.5 Å². The van der Waals surface area contributed by atoms with E-state index in [1.807, 2.05) is 47.6 Å². The second-order valence-corrected chi connectivity index (χ2v) is 15.1. The molecule has 4 rings (SSSR count). The van der Waals surface area contributed by atoms with Crippen molar-refractivity contribution in [3.63, 3.8) is 0 Å². The first kappa shape index (κ1) is 33.5. The molecule has 2 N–H and O–H groups in total. The molecule has 0 unspecified atom stereocenters. The maximum absolute atomic E-state index is 15.3. The number of Topliss-reactive ketones (excluding diaryl/α,β-unsaturated/α-hetero) is 3. The Balaban J connectivity index is 2.10. The van der Waals surface area contributed by atoms with E-state index in [0.717, 1.165) is 5.57 Å². The maximum atomic E-state index is 15.3. The Morgan fingerprint density at radius 3 is 1.93 bits per heavy atom. The second kappa shape index (κ2) is 11.5. The quantitative estimate of drug-likeness (QED) is 0.102. The van der Waals surface area contributed by atoms with Crippen LogP contribution in [0.4, 0.5) is 0 Å². The number of fused-ring (bicyclic) bond motifs is 1. The standard InChI is InChI=1S/C38H50O6/c1-22(2)11-14-26-20-37-21-27(15-12-23(3)4)36(9,10)44-33(37)30(31(41)25-13-16-28(39)29(40)19-25)32(42)38(34(37)43,35(26,7)8)18-17-24(5)6/h11-13,16-17,19,26-27,39-40H,14-15,18,20-21H2,1-10H3/t26-,27+,37+,38-/m1/s1. The SMILES string of the molecule is CC(C)=CC[C@H]1C[C@@]23C[C@@H](CC=C(C)C)C(C)(C)[C@](CC=C(C)C)(C(=O)C(C(=O)c4ccc(O)c(O)c4)=C2OC1(C)C)C3=O. The third kappa shape index (κ3) is 5.28. The van der Waals surface area contributed by atoms with E-state index in [4.69, 9.17) is 4.74 Å². The van der Waals surface area contributed by atoms with Crippen LogP contribution >= 0.6 is 0 Å². The summed E-state index contributed by atoms with van der Waals surface area (Å²) in [7, 11) is 0. The summed E-state index contributed by atoms with van der Waals surface area (Å²) >= 11 is 0. The highest BCUT2D eigenvalue weighted by Crippen LogP contribution is 2.69. The molecule has 6 nitrogen and oxygen atoms in total. The van der Waals surface area contributed by atoms with Crippen LogP contribution in [0, 0.1) is 28.1 Å². The predicted octanol–water partition coefficient (Wildman–Crippen LogP) is 8.59. The van der Waals surface area contributed by atoms with Crippen molar-refractivity contribution in [2.24, 2.45) is 28.1 Å². The fraction of sp³-hybridized carbons (Fsp3) is 0.553. The lowest BCUT2D eigenvalue weighted by Gasteiger charge is -2.64. The molecule has 1 saturated heterocycles.